The lowest BCUT2D eigenvalue weighted by Gasteiger charge is -2.10. The summed E-state index contributed by atoms with van der Waals surface area (Å²) in [4.78, 5) is 4.63. The van der Waals surface area contributed by atoms with Gasteiger partial charge in [-0.25, -0.2) is 9.67 Å². The van der Waals surface area contributed by atoms with Crippen molar-refractivity contribution in [2.75, 3.05) is 0 Å². The molecule has 7 heteroatoms. The first-order valence-corrected chi connectivity index (χ1v) is 8.23. The first-order valence-electron chi connectivity index (χ1n) is 6.53. The van der Waals surface area contributed by atoms with Crippen LogP contribution in [0.2, 0.25) is 5.02 Å². The largest absolute Gasteiger partial charge is 0.280 e. The Morgan fingerprint density at radius 3 is 2.71 bits per heavy atom. The maximum atomic E-state index is 6.08. The lowest BCUT2D eigenvalue weighted by molar-refractivity contribution is 0.660. The molecule has 0 N–H and O–H groups in total. The number of rotatable bonds is 3. The smallest absolute Gasteiger partial charge is 0.163 e. The van der Waals surface area contributed by atoms with E-state index in [9.17, 15) is 0 Å². The van der Waals surface area contributed by atoms with Gasteiger partial charge in [0.2, 0.25) is 0 Å². The van der Waals surface area contributed by atoms with Gasteiger partial charge in [0.05, 0.1) is 22.3 Å². The SMILES string of the molecule is CCn1nc(C)c2nc(CCl)n(-c3ccc(Cl)c(Br)c3)c21. The molecule has 2 heterocycles. The highest BCUT2D eigenvalue weighted by molar-refractivity contribution is 9.10. The molecule has 4 nitrogen and oxygen atoms in total. The van der Waals surface area contributed by atoms with E-state index in [-0.39, 0.29) is 0 Å². The van der Waals surface area contributed by atoms with Crippen molar-refractivity contribution < 1.29 is 0 Å². The van der Waals surface area contributed by atoms with Crippen LogP contribution in [0.25, 0.3) is 16.9 Å². The van der Waals surface area contributed by atoms with Crippen LogP contribution >= 0.6 is 39.1 Å². The van der Waals surface area contributed by atoms with Gasteiger partial charge in [-0.15, -0.1) is 11.6 Å². The van der Waals surface area contributed by atoms with Crippen molar-refractivity contribution in [1.29, 1.82) is 0 Å². The second-order valence-electron chi connectivity index (χ2n) is 4.67. The molecule has 0 saturated heterocycles. The van der Waals surface area contributed by atoms with Crippen LogP contribution in [0, 0.1) is 6.92 Å². The third-order valence-corrected chi connectivity index (χ3v) is 4.81. The molecular weight excluding hydrogens is 375 g/mol. The van der Waals surface area contributed by atoms with Gasteiger partial charge in [-0.2, -0.15) is 5.10 Å². The fourth-order valence-electron chi connectivity index (χ4n) is 2.42. The summed E-state index contributed by atoms with van der Waals surface area (Å²) in [6.45, 7) is 4.79. The number of hydrogen-bond acceptors (Lipinski definition) is 2. The first-order chi connectivity index (χ1) is 10.1. The zero-order valence-electron chi connectivity index (χ0n) is 11.6. The molecule has 0 radical (unpaired) electrons. The van der Waals surface area contributed by atoms with E-state index in [1.165, 1.54) is 0 Å². The van der Waals surface area contributed by atoms with Crippen LogP contribution in [-0.4, -0.2) is 19.3 Å². The van der Waals surface area contributed by atoms with Crippen molar-refractivity contribution in [1.82, 2.24) is 19.3 Å². The number of aromatic nitrogens is 4. The fourth-order valence-corrected chi connectivity index (χ4v) is 3.08. The van der Waals surface area contributed by atoms with Crippen LogP contribution in [0.5, 0.6) is 0 Å². The summed E-state index contributed by atoms with van der Waals surface area (Å²) < 4.78 is 4.81. The number of nitrogens with zero attached hydrogens (tertiary/aromatic N) is 4. The molecule has 0 bridgehead atoms. The van der Waals surface area contributed by atoms with Crippen LogP contribution in [-0.2, 0) is 12.4 Å². The number of imidazole rings is 1. The minimum absolute atomic E-state index is 0.331. The van der Waals surface area contributed by atoms with Gasteiger partial charge >= 0.3 is 0 Å². The van der Waals surface area contributed by atoms with Crippen LogP contribution in [0.15, 0.2) is 22.7 Å². The van der Waals surface area contributed by atoms with Crippen LogP contribution in [0.4, 0.5) is 0 Å². The Balaban J connectivity index is 2.36. The van der Waals surface area contributed by atoms with Gasteiger partial charge in [-0.1, -0.05) is 11.6 Å². The molecule has 2 aromatic heterocycles. The van der Waals surface area contributed by atoms with E-state index in [1.807, 2.05) is 34.4 Å². The molecule has 1 aromatic carbocycles. The summed E-state index contributed by atoms with van der Waals surface area (Å²) in [7, 11) is 0. The Bertz CT molecular complexity index is 822. The zero-order valence-corrected chi connectivity index (χ0v) is 14.7. The summed E-state index contributed by atoms with van der Waals surface area (Å²) in [6.07, 6.45) is 0. The van der Waals surface area contributed by atoms with Crippen molar-refractivity contribution in [3.63, 3.8) is 0 Å². The first kappa shape index (κ1) is 14.9. The van der Waals surface area contributed by atoms with E-state index in [0.717, 1.165) is 39.4 Å². The number of fused-ring (bicyclic) bond motifs is 1. The molecule has 0 saturated carbocycles. The Kier molecular flexibility index (Phi) is 3.99. The molecule has 0 amide bonds. The van der Waals surface area contributed by atoms with Gasteiger partial charge < -0.3 is 0 Å². The number of halogens is 3. The van der Waals surface area contributed by atoms with Gasteiger partial charge in [0.1, 0.15) is 11.3 Å². The average Bonchev–Trinajstić information content (AvgIpc) is 2.99. The quantitative estimate of drug-likeness (QED) is 0.610. The summed E-state index contributed by atoms with van der Waals surface area (Å²) >= 11 is 15.6. The molecule has 3 aromatic rings. The maximum Gasteiger partial charge on any atom is 0.163 e. The highest BCUT2D eigenvalue weighted by Crippen LogP contribution is 2.29. The van der Waals surface area contributed by atoms with Crippen molar-refractivity contribution >= 4 is 50.3 Å². The molecule has 0 aliphatic carbocycles. The van der Waals surface area contributed by atoms with Crippen molar-refractivity contribution in [3.05, 3.63) is 39.2 Å². The molecule has 0 spiro atoms. The van der Waals surface area contributed by atoms with Crippen LogP contribution < -0.4 is 0 Å². The minimum atomic E-state index is 0.331. The predicted molar refractivity (Wildman–Crippen MR) is 89.5 cm³/mol. The zero-order chi connectivity index (χ0) is 15.1. The molecule has 21 heavy (non-hydrogen) atoms. The standard InChI is InChI=1S/C14H13BrCl2N4/c1-3-20-14-13(8(2)19-20)18-12(7-16)21(14)9-4-5-11(17)10(15)6-9/h4-6H,3,7H2,1-2H3. The summed E-state index contributed by atoms with van der Waals surface area (Å²) in [5.41, 5.74) is 3.71. The van der Waals surface area contributed by atoms with Gasteiger partial charge in [0, 0.05) is 11.0 Å². The van der Waals surface area contributed by atoms with E-state index >= 15 is 0 Å². The number of benzene rings is 1. The fraction of sp³-hybridized carbons (Fsp3) is 0.286. The highest BCUT2D eigenvalue weighted by atomic mass is 79.9. The van der Waals surface area contributed by atoms with Gasteiger partial charge in [0.15, 0.2) is 5.65 Å². The summed E-state index contributed by atoms with van der Waals surface area (Å²) in [5, 5.41) is 5.19. The van der Waals surface area contributed by atoms with Gasteiger partial charge in [-0.05, 0) is 48.0 Å². The monoisotopic (exact) mass is 386 g/mol. The molecule has 0 aliphatic heterocycles. The van der Waals surface area contributed by atoms with E-state index in [1.54, 1.807) is 0 Å². The van der Waals surface area contributed by atoms with Gasteiger partial charge in [0.25, 0.3) is 0 Å². The molecule has 0 aliphatic rings. The molecular formula is C14H13BrCl2N4. The predicted octanol–water partition coefficient (Wildman–Crippen LogP) is 4.71. The molecule has 0 atom stereocenters. The number of hydrogen-bond donors (Lipinski definition) is 0. The lowest BCUT2D eigenvalue weighted by Crippen LogP contribution is -2.06. The third-order valence-electron chi connectivity index (χ3n) is 3.36. The summed E-state index contributed by atoms with van der Waals surface area (Å²) in [5.74, 6) is 1.13. The van der Waals surface area contributed by atoms with Crippen molar-refractivity contribution in [2.24, 2.45) is 0 Å². The number of alkyl halides is 1. The van der Waals surface area contributed by atoms with Crippen LogP contribution in [0.1, 0.15) is 18.4 Å². The minimum Gasteiger partial charge on any atom is -0.280 e. The molecule has 0 fully saturated rings. The van der Waals surface area contributed by atoms with E-state index in [0.29, 0.717) is 10.9 Å². The van der Waals surface area contributed by atoms with Crippen molar-refractivity contribution in [3.8, 4) is 5.69 Å². The van der Waals surface area contributed by atoms with Crippen molar-refractivity contribution in [2.45, 2.75) is 26.3 Å². The van der Waals surface area contributed by atoms with E-state index < -0.39 is 0 Å². The molecule has 110 valence electrons. The Morgan fingerprint density at radius 2 is 2.10 bits per heavy atom. The third kappa shape index (κ3) is 2.37. The van der Waals surface area contributed by atoms with E-state index in [2.05, 4.69) is 32.9 Å². The Morgan fingerprint density at radius 1 is 1.33 bits per heavy atom. The topological polar surface area (TPSA) is 35.6 Å². The van der Waals surface area contributed by atoms with Crippen LogP contribution in [0.3, 0.4) is 0 Å². The van der Waals surface area contributed by atoms with Gasteiger partial charge in [-0.3, -0.25) is 4.57 Å². The average molecular weight is 388 g/mol. The highest BCUT2D eigenvalue weighted by Gasteiger charge is 2.19. The maximum absolute atomic E-state index is 6.08. The normalized spacial score (nSPS) is 11.5. The Labute approximate surface area is 140 Å². The summed E-state index contributed by atoms with van der Waals surface area (Å²) in [6, 6.07) is 5.76. The molecule has 3 rings (SSSR count). The molecule has 0 unspecified atom stereocenters. The lowest BCUT2D eigenvalue weighted by atomic mass is 10.3. The van der Waals surface area contributed by atoms with E-state index in [4.69, 9.17) is 23.2 Å². The number of aryl methyl sites for hydroxylation is 2. The second kappa shape index (κ2) is 5.63. The second-order valence-corrected chi connectivity index (χ2v) is 6.20. The Hall–Kier alpha value is -1.04.